The number of allylic oxidation sites excluding steroid dienone is 2. The molecule has 1 saturated heterocycles. The van der Waals surface area contributed by atoms with Crippen LogP contribution in [0.25, 0.3) is 0 Å². The van der Waals surface area contributed by atoms with Crippen LogP contribution < -0.4 is 0 Å². The molecule has 0 aromatic heterocycles. The first-order chi connectivity index (χ1) is 10.2. The van der Waals surface area contributed by atoms with Crippen LogP contribution in [0, 0.1) is 11.8 Å². The molecule has 0 radical (unpaired) electrons. The van der Waals surface area contributed by atoms with Crippen LogP contribution in [-0.4, -0.2) is 36.6 Å². The van der Waals surface area contributed by atoms with Gasteiger partial charge in [-0.15, -0.1) is 12.4 Å². The molecule has 1 fully saturated rings. The Kier molecular flexibility index (Phi) is 9.11. The van der Waals surface area contributed by atoms with Crippen LogP contribution in [-0.2, 0) is 9.53 Å². The Bertz CT molecular complexity index is 359. The second-order valence-corrected chi connectivity index (χ2v) is 6.61. The summed E-state index contributed by atoms with van der Waals surface area (Å²) in [4.78, 5) is 14.9. The summed E-state index contributed by atoms with van der Waals surface area (Å²) >= 11 is 0. The Hall–Kier alpha value is -0.540. The standard InChI is InChI=1S/C18H31NO2.ClH/c1-3-4-11-17(16-9-5-6-10-16)18(20)21-14-13-19-12-7-8-15(19)2;/h5,9,15-17H,3-4,6-8,10-14H2,1-2H3;1H. The summed E-state index contributed by atoms with van der Waals surface area (Å²) in [7, 11) is 0. The fourth-order valence-electron chi connectivity index (χ4n) is 3.62. The number of hydrogen-bond acceptors (Lipinski definition) is 3. The summed E-state index contributed by atoms with van der Waals surface area (Å²) in [5.74, 6) is 0.529. The summed E-state index contributed by atoms with van der Waals surface area (Å²) in [6.07, 6.45) is 12.5. The second kappa shape index (κ2) is 10.3. The van der Waals surface area contributed by atoms with Crippen molar-refractivity contribution >= 4 is 18.4 Å². The van der Waals surface area contributed by atoms with Gasteiger partial charge in [-0.2, -0.15) is 0 Å². The van der Waals surface area contributed by atoms with E-state index in [2.05, 4.69) is 30.9 Å². The lowest BCUT2D eigenvalue weighted by Gasteiger charge is -2.23. The quantitative estimate of drug-likeness (QED) is 0.493. The predicted molar refractivity (Wildman–Crippen MR) is 93.4 cm³/mol. The summed E-state index contributed by atoms with van der Waals surface area (Å²) in [5, 5.41) is 0. The summed E-state index contributed by atoms with van der Waals surface area (Å²) in [6.45, 7) is 7.06. The minimum atomic E-state index is 0. The van der Waals surface area contributed by atoms with Gasteiger partial charge in [-0.3, -0.25) is 9.69 Å². The number of rotatable bonds is 8. The van der Waals surface area contributed by atoms with Gasteiger partial charge in [0.1, 0.15) is 6.61 Å². The summed E-state index contributed by atoms with van der Waals surface area (Å²) < 4.78 is 5.61. The van der Waals surface area contributed by atoms with E-state index in [-0.39, 0.29) is 24.3 Å². The molecule has 0 aromatic rings. The lowest BCUT2D eigenvalue weighted by molar-refractivity contribution is -0.150. The Labute approximate surface area is 141 Å². The molecule has 1 heterocycles. The zero-order valence-electron chi connectivity index (χ0n) is 14.1. The van der Waals surface area contributed by atoms with Crippen molar-refractivity contribution in [3.63, 3.8) is 0 Å². The molecule has 1 aliphatic heterocycles. The monoisotopic (exact) mass is 329 g/mol. The van der Waals surface area contributed by atoms with Gasteiger partial charge in [-0.25, -0.2) is 0 Å². The van der Waals surface area contributed by atoms with Gasteiger partial charge in [0, 0.05) is 12.6 Å². The number of likely N-dealkylation sites (tertiary alicyclic amines) is 1. The largest absolute Gasteiger partial charge is 0.464 e. The van der Waals surface area contributed by atoms with Crippen molar-refractivity contribution < 1.29 is 9.53 Å². The van der Waals surface area contributed by atoms with Crippen molar-refractivity contribution in [2.24, 2.45) is 11.8 Å². The highest BCUT2D eigenvalue weighted by atomic mass is 35.5. The summed E-state index contributed by atoms with van der Waals surface area (Å²) in [5.41, 5.74) is 0. The van der Waals surface area contributed by atoms with Gasteiger partial charge < -0.3 is 4.74 Å². The molecule has 3 unspecified atom stereocenters. The van der Waals surface area contributed by atoms with Crippen LogP contribution in [0.3, 0.4) is 0 Å². The molecular formula is C18H32ClNO2. The van der Waals surface area contributed by atoms with E-state index < -0.39 is 0 Å². The lowest BCUT2D eigenvalue weighted by atomic mass is 9.87. The first kappa shape index (κ1) is 19.5. The zero-order chi connectivity index (χ0) is 15.1. The van der Waals surface area contributed by atoms with Crippen LogP contribution in [0.15, 0.2) is 12.2 Å². The first-order valence-corrected chi connectivity index (χ1v) is 8.79. The third kappa shape index (κ3) is 5.58. The maximum Gasteiger partial charge on any atom is 0.309 e. The van der Waals surface area contributed by atoms with Gasteiger partial charge in [0.15, 0.2) is 0 Å². The highest BCUT2D eigenvalue weighted by molar-refractivity contribution is 5.85. The molecule has 3 atom stereocenters. The van der Waals surface area contributed by atoms with Gasteiger partial charge in [0.25, 0.3) is 0 Å². The van der Waals surface area contributed by atoms with Crippen LogP contribution >= 0.6 is 12.4 Å². The molecule has 0 aromatic carbocycles. The molecule has 2 rings (SSSR count). The third-order valence-electron chi connectivity index (χ3n) is 5.05. The third-order valence-corrected chi connectivity index (χ3v) is 5.05. The van der Waals surface area contributed by atoms with Gasteiger partial charge >= 0.3 is 5.97 Å². The number of carbonyl (C=O) groups is 1. The molecule has 2 aliphatic rings. The summed E-state index contributed by atoms with van der Waals surface area (Å²) in [6, 6.07) is 0.650. The average Bonchev–Trinajstić information content (AvgIpc) is 3.12. The van der Waals surface area contributed by atoms with Gasteiger partial charge in [-0.05, 0) is 51.5 Å². The Balaban J connectivity index is 0.00000242. The molecule has 0 saturated carbocycles. The normalized spacial score (nSPS) is 25.9. The van der Waals surface area contributed by atoms with Crippen LogP contribution in [0.2, 0.25) is 0 Å². The van der Waals surface area contributed by atoms with Gasteiger partial charge in [-0.1, -0.05) is 31.9 Å². The van der Waals surface area contributed by atoms with Gasteiger partial charge in [0.2, 0.25) is 0 Å². The van der Waals surface area contributed by atoms with Crippen molar-refractivity contribution in [1.82, 2.24) is 4.90 Å². The van der Waals surface area contributed by atoms with Crippen molar-refractivity contribution in [2.75, 3.05) is 19.7 Å². The van der Waals surface area contributed by atoms with E-state index in [0.29, 0.717) is 18.6 Å². The smallest absolute Gasteiger partial charge is 0.309 e. The average molecular weight is 330 g/mol. The minimum absolute atomic E-state index is 0. The van der Waals surface area contributed by atoms with Crippen LogP contribution in [0.5, 0.6) is 0 Å². The SMILES string of the molecule is CCCCC(C(=O)OCCN1CCCC1C)C1C=CCC1.Cl. The number of ether oxygens (including phenoxy) is 1. The van der Waals surface area contributed by atoms with E-state index in [0.717, 1.165) is 45.2 Å². The van der Waals surface area contributed by atoms with Gasteiger partial charge in [0.05, 0.1) is 5.92 Å². The highest BCUT2D eigenvalue weighted by Gasteiger charge is 2.29. The number of nitrogens with zero attached hydrogens (tertiary/aromatic N) is 1. The first-order valence-electron chi connectivity index (χ1n) is 8.79. The van der Waals surface area contributed by atoms with E-state index >= 15 is 0 Å². The number of hydrogen-bond donors (Lipinski definition) is 0. The molecule has 4 heteroatoms. The molecule has 0 spiro atoms. The molecule has 128 valence electrons. The fraction of sp³-hybridized carbons (Fsp3) is 0.833. The van der Waals surface area contributed by atoms with Crippen molar-refractivity contribution in [1.29, 1.82) is 0 Å². The molecule has 3 nitrogen and oxygen atoms in total. The van der Waals surface area contributed by atoms with Crippen molar-refractivity contribution in [3.05, 3.63) is 12.2 Å². The topological polar surface area (TPSA) is 29.5 Å². The predicted octanol–water partition coefficient (Wildman–Crippen LogP) is 4.21. The molecule has 22 heavy (non-hydrogen) atoms. The van der Waals surface area contributed by atoms with Crippen molar-refractivity contribution in [2.45, 2.75) is 64.8 Å². The molecule has 0 N–H and O–H groups in total. The minimum Gasteiger partial charge on any atom is -0.464 e. The molecular weight excluding hydrogens is 298 g/mol. The Morgan fingerprint density at radius 1 is 1.41 bits per heavy atom. The number of unbranched alkanes of at least 4 members (excludes halogenated alkanes) is 1. The fourth-order valence-corrected chi connectivity index (χ4v) is 3.62. The van der Waals surface area contributed by atoms with E-state index in [1.807, 2.05) is 0 Å². The number of esters is 1. The Morgan fingerprint density at radius 3 is 2.82 bits per heavy atom. The van der Waals surface area contributed by atoms with Crippen LogP contribution in [0.1, 0.15) is 58.8 Å². The van der Waals surface area contributed by atoms with Crippen molar-refractivity contribution in [3.8, 4) is 0 Å². The molecule has 0 amide bonds. The Morgan fingerprint density at radius 2 is 2.23 bits per heavy atom. The van der Waals surface area contributed by atoms with E-state index in [1.165, 1.54) is 12.8 Å². The lowest BCUT2D eigenvalue weighted by Crippen LogP contribution is -2.32. The zero-order valence-corrected chi connectivity index (χ0v) is 14.9. The maximum atomic E-state index is 12.4. The second-order valence-electron chi connectivity index (χ2n) is 6.61. The van der Waals surface area contributed by atoms with Crippen LogP contribution in [0.4, 0.5) is 0 Å². The highest BCUT2D eigenvalue weighted by Crippen LogP contribution is 2.30. The number of carbonyl (C=O) groups excluding carboxylic acids is 1. The molecule has 1 aliphatic carbocycles. The van der Waals surface area contributed by atoms with E-state index in [1.54, 1.807) is 0 Å². The molecule has 0 bridgehead atoms. The van der Waals surface area contributed by atoms with E-state index in [9.17, 15) is 4.79 Å². The van der Waals surface area contributed by atoms with E-state index in [4.69, 9.17) is 4.74 Å². The number of halogens is 1. The maximum absolute atomic E-state index is 12.4.